The highest BCUT2D eigenvalue weighted by atomic mass is 35.5. The normalized spacial score (nSPS) is 16.4. The number of ether oxygens (including phenoxy) is 1. The molecule has 104 valence electrons. The Labute approximate surface area is 117 Å². The minimum Gasteiger partial charge on any atom is -0.466 e. The molecule has 0 N–H and O–H groups in total. The van der Waals surface area contributed by atoms with Gasteiger partial charge in [-0.05, 0) is 25.7 Å². The second-order valence-corrected chi connectivity index (χ2v) is 5.02. The zero-order valence-corrected chi connectivity index (χ0v) is 11.8. The summed E-state index contributed by atoms with van der Waals surface area (Å²) >= 11 is 5.72. The number of rotatable bonds is 4. The number of hydrogen-bond donors (Lipinski definition) is 0. The number of aromatic nitrogens is 2. The summed E-state index contributed by atoms with van der Waals surface area (Å²) in [5.41, 5.74) is 0. The van der Waals surface area contributed by atoms with E-state index in [9.17, 15) is 4.79 Å². The zero-order chi connectivity index (χ0) is 13.7. The van der Waals surface area contributed by atoms with E-state index < -0.39 is 0 Å². The minimum absolute atomic E-state index is 0.0905. The second-order valence-electron chi connectivity index (χ2n) is 4.64. The van der Waals surface area contributed by atoms with Crippen LogP contribution in [0.4, 0.5) is 5.82 Å². The number of halogens is 1. The van der Waals surface area contributed by atoms with E-state index in [-0.39, 0.29) is 5.97 Å². The van der Waals surface area contributed by atoms with Crippen LogP contribution in [-0.4, -0.2) is 35.6 Å². The van der Waals surface area contributed by atoms with Gasteiger partial charge in [0.1, 0.15) is 11.0 Å². The molecule has 5 nitrogen and oxygen atoms in total. The van der Waals surface area contributed by atoms with Gasteiger partial charge in [0.05, 0.1) is 19.0 Å². The molecule has 1 aromatic heterocycles. The molecule has 1 saturated heterocycles. The van der Waals surface area contributed by atoms with Crippen molar-refractivity contribution in [2.45, 2.75) is 26.2 Å². The minimum atomic E-state index is -0.0905. The van der Waals surface area contributed by atoms with Crippen LogP contribution in [0.25, 0.3) is 0 Å². The lowest BCUT2D eigenvalue weighted by Gasteiger charge is -2.32. The maximum Gasteiger partial charge on any atom is 0.306 e. The number of piperidine rings is 1. The van der Waals surface area contributed by atoms with Gasteiger partial charge in [0.25, 0.3) is 0 Å². The average Bonchev–Trinajstić information content (AvgIpc) is 2.41. The topological polar surface area (TPSA) is 55.3 Å². The highest BCUT2D eigenvalue weighted by Gasteiger charge is 2.22. The lowest BCUT2D eigenvalue weighted by atomic mass is 9.94. The van der Waals surface area contributed by atoms with Crippen molar-refractivity contribution in [2.24, 2.45) is 5.92 Å². The first kappa shape index (κ1) is 14.1. The maximum atomic E-state index is 11.4. The first-order valence-electron chi connectivity index (χ1n) is 6.57. The van der Waals surface area contributed by atoms with Crippen LogP contribution in [0.2, 0.25) is 5.15 Å². The van der Waals surface area contributed by atoms with Gasteiger partial charge in [-0.1, -0.05) is 11.6 Å². The van der Waals surface area contributed by atoms with Gasteiger partial charge >= 0.3 is 5.97 Å². The van der Waals surface area contributed by atoms with Crippen LogP contribution < -0.4 is 4.90 Å². The molecule has 0 unspecified atom stereocenters. The highest BCUT2D eigenvalue weighted by molar-refractivity contribution is 6.29. The third-order valence-corrected chi connectivity index (χ3v) is 3.50. The van der Waals surface area contributed by atoms with E-state index >= 15 is 0 Å². The van der Waals surface area contributed by atoms with Gasteiger partial charge in [0, 0.05) is 19.5 Å². The van der Waals surface area contributed by atoms with Gasteiger partial charge < -0.3 is 9.64 Å². The Bertz CT molecular complexity index is 416. The summed E-state index contributed by atoms with van der Waals surface area (Å²) in [6.07, 6.45) is 5.72. The fourth-order valence-electron chi connectivity index (χ4n) is 2.29. The molecule has 2 heterocycles. The molecule has 0 bridgehead atoms. The fraction of sp³-hybridized carbons (Fsp3) is 0.615. The smallest absolute Gasteiger partial charge is 0.306 e. The summed E-state index contributed by atoms with van der Waals surface area (Å²) in [5, 5.41) is 0.404. The molecule has 0 aromatic carbocycles. The molecule has 1 aromatic rings. The van der Waals surface area contributed by atoms with E-state index in [4.69, 9.17) is 16.3 Å². The molecule has 6 heteroatoms. The van der Waals surface area contributed by atoms with Crippen LogP contribution >= 0.6 is 11.6 Å². The Hall–Kier alpha value is -1.36. The van der Waals surface area contributed by atoms with Crippen LogP contribution in [0.5, 0.6) is 0 Å². The number of carbonyl (C=O) groups is 1. The fourth-order valence-corrected chi connectivity index (χ4v) is 2.39. The van der Waals surface area contributed by atoms with Crippen molar-refractivity contribution < 1.29 is 9.53 Å². The predicted octanol–water partition coefficient (Wildman–Crippen LogP) is 2.30. The quantitative estimate of drug-likeness (QED) is 0.794. The standard InChI is InChI=1S/C13H18ClN3O2/c1-2-19-13(18)7-10-3-5-17(6-4-10)12-9-15-11(14)8-16-12/h8-10H,2-7H2,1H3. The van der Waals surface area contributed by atoms with Gasteiger partial charge in [0.15, 0.2) is 0 Å². The van der Waals surface area contributed by atoms with E-state index in [0.717, 1.165) is 31.7 Å². The maximum absolute atomic E-state index is 11.4. The molecule has 0 spiro atoms. The Kier molecular flexibility index (Phi) is 4.96. The van der Waals surface area contributed by atoms with Gasteiger partial charge in [-0.25, -0.2) is 9.97 Å². The number of hydrogen-bond acceptors (Lipinski definition) is 5. The van der Waals surface area contributed by atoms with Gasteiger partial charge in [-0.15, -0.1) is 0 Å². The molecule has 1 aliphatic rings. The summed E-state index contributed by atoms with van der Waals surface area (Å²) in [5.74, 6) is 1.17. The van der Waals surface area contributed by atoms with Crippen molar-refractivity contribution in [3.8, 4) is 0 Å². The number of carbonyl (C=O) groups excluding carboxylic acids is 1. The monoisotopic (exact) mass is 283 g/mol. The van der Waals surface area contributed by atoms with Crippen LogP contribution in [0, 0.1) is 5.92 Å². The van der Waals surface area contributed by atoms with E-state index in [1.165, 1.54) is 0 Å². The van der Waals surface area contributed by atoms with Crippen molar-refractivity contribution in [2.75, 3.05) is 24.6 Å². The molecule has 0 aliphatic carbocycles. The summed E-state index contributed by atoms with van der Waals surface area (Å²) in [7, 11) is 0. The van der Waals surface area contributed by atoms with Gasteiger partial charge in [0.2, 0.25) is 0 Å². The Balaban J connectivity index is 1.82. The summed E-state index contributed by atoms with van der Waals surface area (Å²) < 4.78 is 4.98. The second kappa shape index (κ2) is 6.70. The highest BCUT2D eigenvalue weighted by Crippen LogP contribution is 2.24. The Morgan fingerprint density at radius 2 is 2.16 bits per heavy atom. The number of nitrogens with zero attached hydrogens (tertiary/aromatic N) is 3. The predicted molar refractivity (Wildman–Crippen MR) is 73.2 cm³/mol. The van der Waals surface area contributed by atoms with Crippen LogP contribution in [0.3, 0.4) is 0 Å². The van der Waals surface area contributed by atoms with E-state index in [2.05, 4.69) is 14.9 Å². The van der Waals surface area contributed by atoms with Crippen molar-refractivity contribution in [1.82, 2.24) is 9.97 Å². The largest absolute Gasteiger partial charge is 0.466 e. The SMILES string of the molecule is CCOC(=O)CC1CCN(c2cnc(Cl)cn2)CC1. The van der Waals surface area contributed by atoms with E-state index in [0.29, 0.717) is 24.1 Å². The van der Waals surface area contributed by atoms with Crippen molar-refractivity contribution >= 4 is 23.4 Å². The molecule has 2 rings (SSSR count). The van der Waals surface area contributed by atoms with Crippen molar-refractivity contribution in [3.05, 3.63) is 17.5 Å². The lowest BCUT2D eigenvalue weighted by Crippen LogP contribution is -2.35. The van der Waals surface area contributed by atoms with E-state index in [1.54, 1.807) is 12.4 Å². The van der Waals surface area contributed by atoms with Gasteiger partial charge in [-0.3, -0.25) is 4.79 Å². The first-order valence-corrected chi connectivity index (χ1v) is 6.95. The molecule has 0 radical (unpaired) electrons. The van der Waals surface area contributed by atoms with Crippen molar-refractivity contribution in [1.29, 1.82) is 0 Å². The van der Waals surface area contributed by atoms with E-state index in [1.807, 2.05) is 6.92 Å². The molecular weight excluding hydrogens is 266 g/mol. The molecule has 1 aliphatic heterocycles. The summed E-state index contributed by atoms with van der Waals surface area (Å²) in [6, 6.07) is 0. The zero-order valence-electron chi connectivity index (χ0n) is 11.0. The molecule has 19 heavy (non-hydrogen) atoms. The molecule has 0 amide bonds. The molecule has 0 atom stereocenters. The molecule has 1 fully saturated rings. The number of esters is 1. The Morgan fingerprint density at radius 3 is 2.74 bits per heavy atom. The lowest BCUT2D eigenvalue weighted by molar-refractivity contribution is -0.144. The number of anilines is 1. The summed E-state index contributed by atoms with van der Waals surface area (Å²) in [6.45, 7) is 4.07. The average molecular weight is 284 g/mol. The summed E-state index contributed by atoms with van der Waals surface area (Å²) in [4.78, 5) is 21.9. The Morgan fingerprint density at radius 1 is 1.42 bits per heavy atom. The molecular formula is C13H18ClN3O2. The molecule has 0 saturated carbocycles. The van der Waals surface area contributed by atoms with Gasteiger partial charge in [-0.2, -0.15) is 0 Å². The van der Waals surface area contributed by atoms with Crippen molar-refractivity contribution in [3.63, 3.8) is 0 Å². The van der Waals surface area contributed by atoms with Crippen LogP contribution in [0.15, 0.2) is 12.4 Å². The third-order valence-electron chi connectivity index (χ3n) is 3.31. The van der Waals surface area contributed by atoms with Crippen LogP contribution in [-0.2, 0) is 9.53 Å². The third kappa shape index (κ3) is 4.06. The van der Waals surface area contributed by atoms with Crippen LogP contribution in [0.1, 0.15) is 26.2 Å². The first-order chi connectivity index (χ1) is 9.19.